The summed E-state index contributed by atoms with van der Waals surface area (Å²) in [6, 6.07) is 4.95. The van der Waals surface area contributed by atoms with Gasteiger partial charge in [0.05, 0.1) is 11.3 Å². The van der Waals surface area contributed by atoms with Gasteiger partial charge in [0.2, 0.25) is 10.0 Å². The largest absolute Gasteiger partial charge is 0.257 e. The van der Waals surface area contributed by atoms with Crippen molar-refractivity contribution in [2.75, 3.05) is 17.1 Å². The summed E-state index contributed by atoms with van der Waals surface area (Å²) in [5, 5.41) is 8.55. The van der Waals surface area contributed by atoms with Crippen LogP contribution in [0.15, 0.2) is 18.3 Å². The van der Waals surface area contributed by atoms with Crippen LogP contribution in [0.3, 0.4) is 0 Å². The Morgan fingerprint density at radius 2 is 2.20 bits per heavy atom. The third-order valence-corrected chi connectivity index (χ3v) is 3.73. The van der Waals surface area contributed by atoms with Gasteiger partial charge in [-0.2, -0.15) is 5.26 Å². The molecule has 1 rings (SSSR count). The number of anilines is 1. The number of pyridine rings is 1. The monoisotopic (exact) mass is 225 g/mol. The van der Waals surface area contributed by atoms with Crippen molar-refractivity contribution in [3.63, 3.8) is 0 Å². The lowest BCUT2D eigenvalue weighted by molar-refractivity contribution is 0.595. The Kier molecular flexibility index (Phi) is 3.27. The lowest BCUT2D eigenvalue weighted by atomic mass is 10.3. The number of rotatable bonds is 3. The highest BCUT2D eigenvalue weighted by atomic mass is 32.2. The predicted octanol–water partition coefficient (Wildman–Crippen LogP) is 0.739. The van der Waals surface area contributed by atoms with Gasteiger partial charge in [-0.15, -0.1) is 0 Å². The zero-order valence-corrected chi connectivity index (χ0v) is 9.32. The van der Waals surface area contributed by atoms with E-state index in [0.29, 0.717) is 11.4 Å². The van der Waals surface area contributed by atoms with E-state index in [1.165, 1.54) is 25.4 Å². The first-order valence-electron chi connectivity index (χ1n) is 4.34. The molecule has 0 aliphatic rings. The van der Waals surface area contributed by atoms with Gasteiger partial charge in [-0.1, -0.05) is 0 Å². The highest BCUT2D eigenvalue weighted by molar-refractivity contribution is 7.92. The third kappa shape index (κ3) is 2.44. The minimum absolute atomic E-state index is 0.0190. The molecule has 0 fully saturated rings. The highest BCUT2D eigenvalue weighted by Gasteiger charge is 2.16. The number of sulfonamides is 1. The van der Waals surface area contributed by atoms with Crippen LogP contribution in [0.25, 0.3) is 0 Å². The lowest BCUT2D eigenvalue weighted by Gasteiger charge is -2.16. The molecule has 0 aromatic carbocycles. The van der Waals surface area contributed by atoms with Crippen molar-refractivity contribution >= 4 is 15.8 Å². The summed E-state index contributed by atoms with van der Waals surface area (Å²) in [5.41, 5.74) is 0.404. The fourth-order valence-corrected chi connectivity index (χ4v) is 1.75. The van der Waals surface area contributed by atoms with Crippen molar-refractivity contribution in [2.24, 2.45) is 0 Å². The molecule has 15 heavy (non-hydrogen) atoms. The Morgan fingerprint density at radius 3 is 2.60 bits per heavy atom. The van der Waals surface area contributed by atoms with Crippen LogP contribution in [-0.4, -0.2) is 26.2 Å². The molecule has 1 aromatic rings. The second kappa shape index (κ2) is 4.28. The highest BCUT2D eigenvalue weighted by Crippen LogP contribution is 2.13. The normalized spacial score (nSPS) is 10.7. The maximum atomic E-state index is 11.5. The first-order chi connectivity index (χ1) is 7.01. The molecule has 0 saturated heterocycles. The standard InChI is InChI=1S/C9H11N3O2S/c1-3-15(13,14)12(2)9-5-4-8(6-10)7-11-9/h4-5,7H,3H2,1-2H3. The Labute approximate surface area is 89.0 Å². The number of hydrogen-bond donors (Lipinski definition) is 0. The molecular weight excluding hydrogens is 214 g/mol. The average Bonchev–Trinajstić information content (AvgIpc) is 2.28. The van der Waals surface area contributed by atoms with E-state index < -0.39 is 10.0 Å². The number of nitriles is 1. The first kappa shape index (κ1) is 11.5. The second-order valence-electron chi connectivity index (χ2n) is 2.88. The molecule has 0 spiro atoms. The molecule has 0 amide bonds. The van der Waals surface area contributed by atoms with Gasteiger partial charge >= 0.3 is 0 Å². The van der Waals surface area contributed by atoms with Crippen LogP contribution in [0.5, 0.6) is 0 Å². The maximum Gasteiger partial charge on any atom is 0.235 e. The fraction of sp³-hybridized carbons (Fsp3) is 0.333. The van der Waals surface area contributed by atoms with E-state index in [2.05, 4.69) is 4.98 Å². The molecule has 80 valence electrons. The smallest absolute Gasteiger partial charge is 0.235 e. The van der Waals surface area contributed by atoms with Crippen LogP contribution in [0, 0.1) is 11.3 Å². The van der Waals surface area contributed by atoms with Crippen LogP contribution in [0.1, 0.15) is 12.5 Å². The van der Waals surface area contributed by atoms with Gasteiger partial charge in [-0.3, -0.25) is 4.31 Å². The molecule has 0 atom stereocenters. The molecule has 0 aliphatic carbocycles. The molecule has 6 heteroatoms. The predicted molar refractivity (Wildman–Crippen MR) is 56.8 cm³/mol. The average molecular weight is 225 g/mol. The van der Waals surface area contributed by atoms with E-state index in [0.717, 1.165) is 4.31 Å². The number of hydrogen-bond acceptors (Lipinski definition) is 4. The van der Waals surface area contributed by atoms with Crippen LogP contribution < -0.4 is 4.31 Å². The van der Waals surface area contributed by atoms with Crippen LogP contribution >= 0.6 is 0 Å². The molecule has 0 aliphatic heterocycles. The van der Waals surface area contributed by atoms with Crippen molar-refractivity contribution in [3.05, 3.63) is 23.9 Å². The summed E-state index contributed by atoms with van der Waals surface area (Å²) in [5.74, 6) is 0.335. The van der Waals surface area contributed by atoms with Gasteiger partial charge in [0.1, 0.15) is 11.9 Å². The van der Waals surface area contributed by atoms with Crippen LogP contribution in [-0.2, 0) is 10.0 Å². The quantitative estimate of drug-likeness (QED) is 0.760. The van der Waals surface area contributed by atoms with Gasteiger partial charge in [0, 0.05) is 13.2 Å². The molecular formula is C9H11N3O2S. The summed E-state index contributed by atoms with van der Waals surface area (Å²) in [7, 11) is -1.85. The topological polar surface area (TPSA) is 74.1 Å². The molecule has 0 N–H and O–H groups in total. The summed E-state index contributed by atoms with van der Waals surface area (Å²) in [6.45, 7) is 1.56. The number of nitrogens with zero attached hydrogens (tertiary/aromatic N) is 3. The first-order valence-corrected chi connectivity index (χ1v) is 5.95. The van der Waals surface area contributed by atoms with Gasteiger partial charge in [-0.25, -0.2) is 13.4 Å². The third-order valence-electron chi connectivity index (χ3n) is 1.98. The minimum atomic E-state index is -3.28. The Bertz CT molecular complexity index is 473. The van der Waals surface area contributed by atoms with Crippen molar-refractivity contribution < 1.29 is 8.42 Å². The van der Waals surface area contributed by atoms with E-state index in [1.54, 1.807) is 6.92 Å². The molecule has 0 saturated carbocycles. The van der Waals surface area contributed by atoms with Crippen molar-refractivity contribution in [2.45, 2.75) is 6.92 Å². The molecule has 1 heterocycles. The molecule has 0 bridgehead atoms. The van der Waals surface area contributed by atoms with Crippen LogP contribution in [0.2, 0.25) is 0 Å². The van der Waals surface area contributed by atoms with Gasteiger partial charge in [-0.05, 0) is 19.1 Å². The summed E-state index contributed by atoms with van der Waals surface area (Å²) < 4.78 is 24.1. The Balaban J connectivity index is 3.04. The summed E-state index contributed by atoms with van der Waals surface area (Å²) in [6.07, 6.45) is 1.34. The minimum Gasteiger partial charge on any atom is -0.257 e. The Hall–Kier alpha value is -1.61. The van der Waals surface area contributed by atoms with E-state index >= 15 is 0 Å². The number of aromatic nitrogens is 1. The van der Waals surface area contributed by atoms with Gasteiger partial charge in [0.15, 0.2) is 0 Å². The fourth-order valence-electron chi connectivity index (χ4n) is 0.975. The summed E-state index contributed by atoms with van der Waals surface area (Å²) >= 11 is 0. The zero-order chi connectivity index (χ0) is 11.5. The van der Waals surface area contributed by atoms with E-state index in [-0.39, 0.29) is 5.75 Å². The van der Waals surface area contributed by atoms with E-state index in [9.17, 15) is 8.42 Å². The van der Waals surface area contributed by atoms with E-state index in [4.69, 9.17) is 5.26 Å². The van der Waals surface area contributed by atoms with Crippen molar-refractivity contribution in [1.29, 1.82) is 5.26 Å². The van der Waals surface area contributed by atoms with Gasteiger partial charge < -0.3 is 0 Å². The molecule has 0 radical (unpaired) electrons. The van der Waals surface area contributed by atoms with Crippen molar-refractivity contribution in [1.82, 2.24) is 4.98 Å². The Morgan fingerprint density at radius 1 is 1.53 bits per heavy atom. The van der Waals surface area contributed by atoms with Gasteiger partial charge in [0.25, 0.3) is 0 Å². The summed E-state index contributed by atoms with van der Waals surface area (Å²) in [4.78, 5) is 3.89. The molecule has 0 unspecified atom stereocenters. The zero-order valence-electron chi connectivity index (χ0n) is 8.51. The lowest BCUT2D eigenvalue weighted by Crippen LogP contribution is -2.28. The van der Waals surface area contributed by atoms with E-state index in [1.807, 2.05) is 6.07 Å². The molecule has 1 aromatic heterocycles. The molecule has 5 nitrogen and oxygen atoms in total. The second-order valence-corrected chi connectivity index (χ2v) is 5.17. The maximum absolute atomic E-state index is 11.5. The van der Waals surface area contributed by atoms with Crippen molar-refractivity contribution in [3.8, 4) is 6.07 Å². The van der Waals surface area contributed by atoms with Crippen LogP contribution in [0.4, 0.5) is 5.82 Å². The SMILES string of the molecule is CCS(=O)(=O)N(C)c1ccc(C#N)cn1.